The maximum absolute atomic E-state index is 15.1. The van der Waals surface area contributed by atoms with E-state index < -0.39 is 53.4 Å². The molecule has 180 valence electrons. The second-order valence-corrected chi connectivity index (χ2v) is 10.4. The second kappa shape index (κ2) is 9.41. The zero-order valence-electron chi connectivity index (χ0n) is 15.7. The lowest BCUT2D eigenvalue weighted by Crippen LogP contribution is -2.63. The SMILES string of the molecule is CO[C@](F)(COP(=O)(O)OP(=O)(O)OP(=O)(O)O)[C@@H](O)[C@@](C)(N)n1ccc(N)nc1=O. The number of aliphatic hydroxyl groups excluding tert-OH is 1. The van der Waals surface area contributed by atoms with Gasteiger partial charge in [-0.2, -0.15) is 13.6 Å². The molecule has 0 bridgehead atoms. The fourth-order valence-corrected chi connectivity index (χ4v) is 5.11. The maximum atomic E-state index is 15.1. The molecule has 2 unspecified atom stereocenters. The van der Waals surface area contributed by atoms with Crippen molar-refractivity contribution < 1.29 is 60.6 Å². The van der Waals surface area contributed by atoms with E-state index in [1.807, 2.05) is 0 Å². The van der Waals surface area contributed by atoms with E-state index in [-0.39, 0.29) is 5.82 Å². The molecule has 5 atom stereocenters. The van der Waals surface area contributed by atoms with Crippen LogP contribution in [0.4, 0.5) is 10.2 Å². The van der Waals surface area contributed by atoms with E-state index in [4.69, 9.17) is 26.1 Å². The largest absolute Gasteiger partial charge is 0.490 e. The van der Waals surface area contributed by atoms with Crippen molar-refractivity contribution >= 4 is 29.3 Å². The van der Waals surface area contributed by atoms with Gasteiger partial charge in [-0.05, 0) is 13.0 Å². The summed E-state index contributed by atoms with van der Waals surface area (Å²) < 4.78 is 64.8. The number of aromatic nitrogens is 2. The van der Waals surface area contributed by atoms with Gasteiger partial charge < -0.3 is 40.9 Å². The van der Waals surface area contributed by atoms with Gasteiger partial charge in [0.15, 0.2) is 6.10 Å². The van der Waals surface area contributed by atoms with E-state index in [9.17, 15) is 28.5 Å². The van der Waals surface area contributed by atoms with Crippen molar-refractivity contribution in [2.75, 3.05) is 19.5 Å². The first-order chi connectivity index (χ1) is 13.7. The Kier molecular flexibility index (Phi) is 8.48. The minimum Gasteiger partial charge on any atom is -0.383 e. The van der Waals surface area contributed by atoms with Crippen molar-refractivity contribution in [3.05, 3.63) is 22.7 Å². The molecule has 0 aliphatic heterocycles. The number of anilines is 1. The van der Waals surface area contributed by atoms with Crippen LogP contribution < -0.4 is 17.2 Å². The monoisotopic (exact) mass is 516 g/mol. The first-order valence-corrected chi connectivity index (χ1v) is 12.1. The number of nitrogens with zero attached hydrogens (tertiary/aromatic N) is 2. The highest BCUT2D eigenvalue weighted by Gasteiger charge is 2.51. The third-order valence-corrected chi connectivity index (χ3v) is 7.27. The highest BCUT2D eigenvalue weighted by Crippen LogP contribution is 2.66. The number of aliphatic hydroxyl groups is 1. The summed E-state index contributed by atoms with van der Waals surface area (Å²) in [5.41, 5.74) is 7.71. The smallest absolute Gasteiger partial charge is 0.383 e. The molecular formula is C10H20FN4O13P3. The molecule has 9 N–H and O–H groups in total. The number of nitrogens with two attached hydrogens (primary N) is 2. The Balaban J connectivity index is 3.08. The summed E-state index contributed by atoms with van der Waals surface area (Å²) in [7, 11) is -16.6. The third kappa shape index (κ3) is 7.76. The van der Waals surface area contributed by atoms with E-state index in [0.29, 0.717) is 11.7 Å². The van der Waals surface area contributed by atoms with Gasteiger partial charge in [-0.15, -0.1) is 0 Å². The predicted octanol–water partition coefficient (Wildman–Crippen LogP) is -1.53. The van der Waals surface area contributed by atoms with Crippen LogP contribution in [0.1, 0.15) is 6.92 Å². The summed E-state index contributed by atoms with van der Waals surface area (Å²) in [5, 5.41) is 10.4. The zero-order valence-corrected chi connectivity index (χ0v) is 18.4. The number of halogens is 1. The Morgan fingerprint density at radius 3 is 2.23 bits per heavy atom. The molecule has 1 heterocycles. The van der Waals surface area contributed by atoms with Gasteiger partial charge in [0.05, 0.1) is 0 Å². The van der Waals surface area contributed by atoms with Gasteiger partial charge in [0, 0.05) is 13.3 Å². The minimum absolute atomic E-state index is 0.211. The van der Waals surface area contributed by atoms with Crippen molar-refractivity contribution in [3.63, 3.8) is 0 Å². The highest BCUT2D eigenvalue weighted by molar-refractivity contribution is 7.66. The Bertz CT molecular complexity index is 998. The van der Waals surface area contributed by atoms with E-state index in [0.717, 1.165) is 19.2 Å². The van der Waals surface area contributed by atoms with Gasteiger partial charge in [-0.1, -0.05) is 0 Å². The van der Waals surface area contributed by atoms with Crippen LogP contribution in [0.5, 0.6) is 0 Å². The number of alkyl halides is 1. The molecule has 0 aliphatic carbocycles. The normalized spacial score (nSPS) is 21.3. The first-order valence-electron chi connectivity index (χ1n) is 7.60. The molecule has 0 aromatic carbocycles. The molecule has 0 aliphatic rings. The lowest BCUT2D eigenvalue weighted by molar-refractivity contribution is -0.234. The molecule has 21 heteroatoms. The van der Waals surface area contributed by atoms with Crippen molar-refractivity contribution in [2.24, 2.45) is 5.73 Å². The number of phosphoric acid groups is 3. The van der Waals surface area contributed by atoms with Crippen LogP contribution in [0.15, 0.2) is 17.1 Å². The number of methoxy groups -OCH3 is 1. The predicted molar refractivity (Wildman–Crippen MR) is 97.4 cm³/mol. The van der Waals surface area contributed by atoms with Crippen molar-refractivity contribution in [2.45, 2.75) is 24.5 Å². The number of hydrogen-bond acceptors (Lipinski definition) is 12. The number of nitrogen functional groups attached to an aromatic ring is 1. The molecule has 1 aromatic rings. The van der Waals surface area contributed by atoms with Crippen LogP contribution in [0.2, 0.25) is 0 Å². The number of phosphoric ester groups is 1. The van der Waals surface area contributed by atoms with Crippen molar-refractivity contribution in [1.82, 2.24) is 9.55 Å². The summed E-state index contributed by atoms with van der Waals surface area (Å²) >= 11 is 0. The van der Waals surface area contributed by atoms with E-state index >= 15 is 4.39 Å². The number of hydrogen-bond donors (Lipinski definition) is 7. The molecule has 0 amide bonds. The molecule has 0 radical (unpaired) electrons. The topological polar surface area (TPSA) is 276 Å². The first kappa shape index (κ1) is 27.9. The fourth-order valence-electron chi connectivity index (χ4n) is 2.07. The summed E-state index contributed by atoms with van der Waals surface area (Å²) in [6.07, 6.45) is -1.55. The average Bonchev–Trinajstić information content (AvgIpc) is 2.55. The van der Waals surface area contributed by atoms with Crippen molar-refractivity contribution in [1.29, 1.82) is 0 Å². The van der Waals surface area contributed by atoms with Gasteiger partial charge in [-0.3, -0.25) is 9.09 Å². The number of ether oxygens (including phenoxy) is 1. The molecular weight excluding hydrogens is 496 g/mol. The lowest BCUT2D eigenvalue weighted by atomic mass is 9.98. The Morgan fingerprint density at radius 2 is 1.77 bits per heavy atom. The van der Waals surface area contributed by atoms with Crippen LogP contribution in [-0.2, 0) is 37.2 Å². The van der Waals surface area contributed by atoms with Gasteiger partial charge in [0.25, 0.3) is 5.85 Å². The van der Waals surface area contributed by atoms with E-state index in [1.54, 1.807) is 0 Å². The summed E-state index contributed by atoms with van der Waals surface area (Å²) in [4.78, 5) is 50.7. The van der Waals surface area contributed by atoms with E-state index in [1.165, 1.54) is 0 Å². The lowest BCUT2D eigenvalue weighted by Gasteiger charge is -2.39. The quantitative estimate of drug-likeness (QED) is 0.164. The average molecular weight is 516 g/mol. The van der Waals surface area contributed by atoms with E-state index in [2.05, 4.69) is 22.9 Å². The molecule has 1 rings (SSSR count). The van der Waals surface area contributed by atoms with Gasteiger partial charge in [0.1, 0.15) is 18.1 Å². The Morgan fingerprint density at radius 1 is 1.23 bits per heavy atom. The van der Waals surface area contributed by atoms with Crippen LogP contribution in [0.25, 0.3) is 0 Å². The third-order valence-electron chi connectivity index (χ3n) is 3.49. The van der Waals surface area contributed by atoms with Gasteiger partial charge in [-0.25, -0.2) is 22.9 Å². The highest BCUT2D eigenvalue weighted by atomic mass is 31.3. The minimum atomic E-state index is -5.86. The second-order valence-electron chi connectivity index (χ2n) is 5.99. The Hall–Kier alpha value is -1.10. The van der Waals surface area contributed by atoms with Crippen LogP contribution in [0, 0.1) is 0 Å². The summed E-state index contributed by atoms with van der Waals surface area (Å²) in [6.45, 7) is -0.743. The fraction of sp³-hybridized carbons (Fsp3) is 0.600. The molecule has 0 saturated carbocycles. The van der Waals surface area contributed by atoms with Crippen LogP contribution in [-0.4, -0.2) is 59.9 Å². The molecule has 0 saturated heterocycles. The standard InChI is InChI=1S/C10H20FN4O13P3/c1-9(13,15-4-3-6(12)14-8(15)17)7(16)10(11,25-2)5-26-30(21,22)28-31(23,24)27-29(18,19)20/h3-4,7,16H,5,13H2,1-2H3,(H,21,22)(H,23,24)(H2,12,14,17)(H2,18,19,20)/t7-,9-,10+/m0/s1. The summed E-state index contributed by atoms with van der Waals surface area (Å²) in [5.74, 6) is -3.66. The molecule has 31 heavy (non-hydrogen) atoms. The van der Waals surface area contributed by atoms with Gasteiger partial charge in [0.2, 0.25) is 0 Å². The van der Waals surface area contributed by atoms with Gasteiger partial charge >= 0.3 is 29.2 Å². The molecule has 17 nitrogen and oxygen atoms in total. The summed E-state index contributed by atoms with van der Waals surface area (Å²) in [6, 6.07) is 1.10. The maximum Gasteiger partial charge on any atom is 0.490 e. The molecule has 1 aromatic heterocycles. The van der Waals surface area contributed by atoms with Crippen LogP contribution in [0.3, 0.4) is 0 Å². The Labute approximate surface area is 172 Å². The zero-order chi connectivity index (χ0) is 24.5. The number of rotatable bonds is 11. The van der Waals surface area contributed by atoms with Crippen LogP contribution >= 0.6 is 23.5 Å². The molecule has 0 spiro atoms. The molecule has 0 fully saturated rings. The van der Waals surface area contributed by atoms with Crippen molar-refractivity contribution in [3.8, 4) is 0 Å².